The third-order valence-corrected chi connectivity index (χ3v) is 3.27. The zero-order chi connectivity index (χ0) is 11.4. The van der Waals surface area contributed by atoms with E-state index in [1.165, 1.54) is 6.42 Å². The predicted molar refractivity (Wildman–Crippen MR) is 65.0 cm³/mol. The lowest BCUT2D eigenvalue weighted by Crippen LogP contribution is -2.30. The van der Waals surface area contributed by atoms with Crippen LogP contribution in [-0.2, 0) is 0 Å². The van der Waals surface area contributed by atoms with Crippen LogP contribution < -0.4 is 4.74 Å². The molecule has 0 aromatic heterocycles. The van der Waals surface area contributed by atoms with E-state index in [-0.39, 0.29) is 12.2 Å². The minimum atomic E-state index is -0.335. The highest BCUT2D eigenvalue weighted by atomic mass is 35.5. The average Bonchev–Trinajstić information content (AvgIpc) is 2.48. The number of halogens is 1. The van der Waals surface area contributed by atoms with Gasteiger partial charge in [-0.05, 0) is 43.5 Å². The van der Waals surface area contributed by atoms with E-state index in [0.717, 1.165) is 31.4 Å². The fraction of sp³-hybridized carbons (Fsp3) is 0.538. The molecule has 1 aliphatic carbocycles. The lowest BCUT2D eigenvalue weighted by molar-refractivity contribution is 0.0320. The molecule has 1 N–H and O–H groups in total. The Bertz CT molecular complexity index is 323. The molecule has 1 aromatic rings. The van der Waals surface area contributed by atoms with Crippen LogP contribution in [0.5, 0.6) is 5.75 Å². The molecule has 1 saturated carbocycles. The number of aliphatic hydroxyl groups is 1. The minimum Gasteiger partial charge on any atom is -0.488 e. The first-order valence-electron chi connectivity index (χ1n) is 5.86. The van der Waals surface area contributed by atoms with E-state index < -0.39 is 0 Å². The van der Waals surface area contributed by atoms with E-state index >= 15 is 0 Å². The van der Waals surface area contributed by atoms with Gasteiger partial charge in [0.05, 0.1) is 6.10 Å². The van der Waals surface area contributed by atoms with Crippen molar-refractivity contribution in [3.8, 4) is 5.75 Å². The molecule has 2 rings (SSSR count). The van der Waals surface area contributed by atoms with E-state index in [1.807, 2.05) is 12.1 Å². The van der Waals surface area contributed by atoms with Crippen molar-refractivity contribution in [2.75, 3.05) is 0 Å². The van der Waals surface area contributed by atoms with Crippen LogP contribution >= 0.6 is 11.6 Å². The van der Waals surface area contributed by atoms with Crippen molar-refractivity contribution in [2.24, 2.45) is 0 Å². The molecule has 3 heteroatoms. The first-order valence-corrected chi connectivity index (χ1v) is 6.24. The lowest BCUT2D eigenvalue weighted by atomic mass is 10.1. The van der Waals surface area contributed by atoms with E-state index in [1.54, 1.807) is 12.1 Å². The van der Waals surface area contributed by atoms with Crippen LogP contribution in [-0.4, -0.2) is 17.3 Å². The molecular weight excluding hydrogens is 224 g/mol. The summed E-state index contributed by atoms with van der Waals surface area (Å²) >= 11 is 5.80. The van der Waals surface area contributed by atoms with Gasteiger partial charge in [0.15, 0.2) is 0 Å². The Morgan fingerprint density at radius 3 is 2.50 bits per heavy atom. The average molecular weight is 241 g/mol. The summed E-state index contributed by atoms with van der Waals surface area (Å²) in [6, 6.07) is 7.31. The summed E-state index contributed by atoms with van der Waals surface area (Å²) in [6.07, 6.45) is 4.80. The van der Waals surface area contributed by atoms with Crippen LogP contribution in [0.4, 0.5) is 0 Å². The van der Waals surface area contributed by atoms with Crippen LogP contribution in [0.1, 0.15) is 32.1 Å². The van der Waals surface area contributed by atoms with E-state index in [4.69, 9.17) is 16.3 Å². The van der Waals surface area contributed by atoms with Crippen molar-refractivity contribution in [3.05, 3.63) is 29.3 Å². The zero-order valence-electron chi connectivity index (χ0n) is 9.23. The molecule has 0 radical (unpaired) electrons. The van der Waals surface area contributed by atoms with Crippen LogP contribution in [0.2, 0.25) is 5.02 Å². The first kappa shape index (κ1) is 11.7. The summed E-state index contributed by atoms with van der Waals surface area (Å²) in [4.78, 5) is 0. The molecular formula is C13H17ClO2. The number of hydrogen-bond acceptors (Lipinski definition) is 2. The Morgan fingerprint density at radius 2 is 1.75 bits per heavy atom. The molecule has 1 fully saturated rings. The molecule has 0 heterocycles. The van der Waals surface area contributed by atoms with Crippen molar-refractivity contribution in [2.45, 2.75) is 44.3 Å². The molecule has 16 heavy (non-hydrogen) atoms. The van der Waals surface area contributed by atoms with E-state index in [9.17, 15) is 5.11 Å². The Kier molecular flexibility index (Phi) is 4.08. The lowest BCUT2D eigenvalue weighted by Gasteiger charge is -2.21. The van der Waals surface area contributed by atoms with Crippen LogP contribution in [0.25, 0.3) is 0 Å². The number of aliphatic hydroxyl groups excluding tert-OH is 1. The molecule has 2 unspecified atom stereocenters. The van der Waals surface area contributed by atoms with Gasteiger partial charge in [-0.15, -0.1) is 0 Å². The maximum atomic E-state index is 9.91. The molecule has 88 valence electrons. The highest BCUT2D eigenvalue weighted by Gasteiger charge is 2.22. The topological polar surface area (TPSA) is 29.5 Å². The van der Waals surface area contributed by atoms with Crippen molar-refractivity contribution in [1.29, 1.82) is 0 Å². The van der Waals surface area contributed by atoms with Gasteiger partial charge in [0.1, 0.15) is 11.9 Å². The van der Waals surface area contributed by atoms with Crippen molar-refractivity contribution < 1.29 is 9.84 Å². The summed E-state index contributed by atoms with van der Waals surface area (Å²) in [5.74, 6) is 0.787. The molecule has 0 saturated heterocycles. The van der Waals surface area contributed by atoms with Gasteiger partial charge in [0.2, 0.25) is 0 Å². The van der Waals surface area contributed by atoms with Crippen molar-refractivity contribution in [1.82, 2.24) is 0 Å². The Morgan fingerprint density at radius 1 is 1.06 bits per heavy atom. The standard InChI is InChI=1S/C13H17ClO2/c14-10-6-8-11(9-7-10)16-13-5-3-1-2-4-12(13)15/h6-9,12-13,15H,1-5H2. The van der Waals surface area contributed by atoms with Gasteiger partial charge in [0.25, 0.3) is 0 Å². The molecule has 0 amide bonds. The number of rotatable bonds is 2. The second-order valence-corrected chi connectivity index (χ2v) is 4.75. The van der Waals surface area contributed by atoms with Crippen LogP contribution in [0.3, 0.4) is 0 Å². The van der Waals surface area contributed by atoms with Crippen LogP contribution in [0.15, 0.2) is 24.3 Å². The van der Waals surface area contributed by atoms with Crippen molar-refractivity contribution in [3.63, 3.8) is 0 Å². The summed E-state index contributed by atoms with van der Waals surface area (Å²) < 4.78 is 5.79. The molecule has 0 spiro atoms. The SMILES string of the molecule is OC1CCCCCC1Oc1ccc(Cl)cc1. The number of hydrogen-bond donors (Lipinski definition) is 1. The second kappa shape index (κ2) is 5.55. The van der Waals surface area contributed by atoms with Crippen molar-refractivity contribution >= 4 is 11.6 Å². The molecule has 0 bridgehead atoms. The number of ether oxygens (including phenoxy) is 1. The summed E-state index contributed by atoms with van der Waals surface area (Å²) in [5, 5.41) is 10.6. The highest BCUT2D eigenvalue weighted by Crippen LogP contribution is 2.24. The molecule has 0 aliphatic heterocycles. The maximum Gasteiger partial charge on any atom is 0.124 e. The molecule has 1 aliphatic rings. The minimum absolute atomic E-state index is 0.0660. The van der Waals surface area contributed by atoms with Gasteiger partial charge in [0, 0.05) is 5.02 Å². The second-order valence-electron chi connectivity index (χ2n) is 4.32. The fourth-order valence-corrected chi connectivity index (χ4v) is 2.21. The Hall–Kier alpha value is -0.730. The predicted octanol–water partition coefficient (Wildman–Crippen LogP) is 3.41. The van der Waals surface area contributed by atoms with Gasteiger partial charge in [-0.2, -0.15) is 0 Å². The summed E-state index contributed by atoms with van der Waals surface area (Å²) in [5.41, 5.74) is 0. The maximum absolute atomic E-state index is 9.91. The smallest absolute Gasteiger partial charge is 0.124 e. The molecule has 1 aromatic carbocycles. The summed E-state index contributed by atoms with van der Waals surface area (Å²) in [6.45, 7) is 0. The van der Waals surface area contributed by atoms with Crippen LogP contribution in [0, 0.1) is 0 Å². The third kappa shape index (κ3) is 3.13. The molecule has 2 atom stereocenters. The summed E-state index contributed by atoms with van der Waals surface area (Å²) in [7, 11) is 0. The quantitative estimate of drug-likeness (QED) is 0.803. The van der Waals surface area contributed by atoms with Gasteiger partial charge >= 0.3 is 0 Å². The Labute approximate surface area is 101 Å². The third-order valence-electron chi connectivity index (χ3n) is 3.02. The normalized spacial score (nSPS) is 26.1. The zero-order valence-corrected chi connectivity index (χ0v) is 9.99. The van der Waals surface area contributed by atoms with Gasteiger partial charge < -0.3 is 9.84 Å². The first-order chi connectivity index (χ1) is 7.75. The number of benzene rings is 1. The van der Waals surface area contributed by atoms with E-state index in [2.05, 4.69) is 0 Å². The van der Waals surface area contributed by atoms with Gasteiger partial charge in [-0.1, -0.05) is 24.4 Å². The Balaban J connectivity index is 1.99. The largest absolute Gasteiger partial charge is 0.488 e. The highest BCUT2D eigenvalue weighted by molar-refractivity contribution is 6.30. The van der Waals surface area contributed by atoms with Gasteiger partial charge in [-0.3, -0.25) is 0 Å². The molecule has 2 nitrogen and oxygen atoms in total. The monoisotopic (exact) mass is 240 g/mol. The van der Waals surface area contributed by atoms with E-state index in [0.29, 0.717) is 5.02 Å². The fourth-order valence-electron chi connectivity index (χ4n) is 2.08. The van der Waals surface area contributed by atoms with Gasteiger partial charge in [-0.25, -0.2) is 0 Å².